The molecule has 0 saturated heterocycles. The van der Waals surface area contributed by atoms with Crippen LogP contribution in [0.25, 0.3) is 0 Å². The molecule has 0 heterocycles. The molecule has 1 fully saturated rings. The Morgan fingerprint density at radius 1 is 1.62 bits per heavy atom. The second-order valence-electron chi connectivity index (χ2n) is 3.61. The minimum Gasteiger partial charge on any atom is -0.479 e. The summed E-state index contributed by atoms with van der Waals surface area (Å²) in [5, 5.41) is 17.5. The Kier molecular flexibility index (Phi) is 3.27. The lowest BCUT2D eigenvalue weighted by atomic mass is 10.0. The first-order valence-electron chi connectivity index (χ1n) is 4.59. The lowest BCUT2D eigenvalue weighted by Crippen LogP contribution is -2.41. The minimum atomic E-state index is -1.03. The van der Waals surface area contributed by atoms with Gasteiger partial charge in [-0.2, -0.15) is 0 Å². The summed E-state index contributed by atoms with van der Waals surface area (Å²) in [4.78, 5) is 10.9. The Hall–Kier alpha value is -0.610. The quantitative estimate of drug-likeness (QED) is 0.600. The van der Waals surface area contributed by atoms with Gasteiger partial charge < -0.3 is 14.9 Å². The topological polar surface area (TPSA) is 66.8 Å². The van der Waals surface area contributed by atoms with Crippen molar-refractivity contribution < 1.29 is 19.7 Å². The maximum absolute atomic E-state index is 10.9. The van der Waals surface area contributed by atoms with E-state index >= 15 is 0 Å². The number of hydrogen-bond donors (Lipinski definition) is 2. The molecule has 4 nitrogen and oxygen atoms in total. The monoisotopic (exact) mass is 188 g/mol. The molecule has 0 aromatic rings. The van der Waals surface area contributed by atoms with Gasteiger partial charge in [0.25, 0.3) is 0 Å². The van der Waals surface area contributed by atoms with E-state index in [0.29, 0.717) is 13.0 Å². The van der Waals surface area contributed by atoms with Crippen molar-refractivity contribution in [2.45, 2.75) is 31.8 Å². The molecule has 4 heteroatoms. The molecule has 0 aliphatic heterocycles. The van der Waals surface area contributed by atoms with Crippen LogP contribution in [0.2, 0.25) is 0 Å². The summed E-state index contributed by atoms with van der Waals surface area (Å²) in [5.74, 6) is -0.739. The minimum absolute atomic E-state index is 0.0420. The van der Waals surface area contributed by atoms with Crippen LogP contribution < -0.4 is 0 Å². The maximum Gasteiger partial charge on any atom is 0.335 e. The molecule has 2 N–H and O–H groups in total. The van der Waals surface area contributed by atoms with Crippen molar-refractivity contribution in [1.82, 2.24) is 0 Å². The maximum atomic E-state index is 10.9. The van der Waals surface area contributed by atoms with E-state index in [1.54, 1.807) is 6.92 Å². The molecule has 0 aromatic heterocycles. The highest BCUT2D eigenvalue weighted by atomic mass is 16.5. The SMILES string of the molecule is CC(OCCCO)(C(=O)O)C1CC1. The molecule has 1 atom stereocenters. The molecule has 0 aromatic carbocycles. The molecule has 0 amide bonds. The molecule has 76 valence electrons. The van der Waals surface area contributed by atoms with E-state index in [1.807, 2.05) is 0 Å². The third-order valence-corrected chi connectivity index (χ3v) is 2.49. The smallest absolute Gasteiger partial charge is 0.335 e. The van der Waals surface area contributed by atoms with E-state index in [2.05, 4.69) is 0 Å². The van der Waals surface area contributed by atoms with Crippen molar-refractivity contribution in [3.63, 3.8) is 0 Å². The van der Waals surface area contributed by atoms with E-state index in [4.69, 9.17) is 14.9 Å². The van der Waals surface area contributed by atoms with Crippen molar-refractivity contribution >= 4 is 5.97 Å². The van der Waals surface area contributed by atoms with Crippen LogP contribution in [-0.4, -0.2) is 35.0 Å². The average molecular weight is 188 g/mol. The van der Waals surface area contributed by atoms with Crippen molar-refractivity contribution in [2.75, 3.05) is 13.2 Å². The Morgan fingerprint density at radius 2 is 2.23 bits per heavy atom. The summed E-state index contributed by atoms with van der Waals surface area (Å²) in [6.45, 7) is 1.97. The Morgan fingerprint density at radius 3 is 2.62 bits per heavy atom. The number of hydrogen-bond acceptors (Lipinski definition) is 3. The zero-order chi connectivity index (χ0) is 9.90. The van der Waals surface area contributed by atoms with Gasteiger partial charge in [-0.05, 0) is 32.1 Å². The first kappa shape index (κ1) is 10.5. The van der Waals surface area contributed by atoms with Gasteiger partial charge in [-0.25, -0.2) is 4.79 Å². The van der Waals surface area contributed by atoms with Crippen LogP contribution in [0.5, 0.6) is 0 Å². The standard InChI is InChI=1S/C9H16O4/c1-9(8(11)12,7-3-4-7)13-6-2-5-10/h7,10H,2-6H2,1H3,(H,11,12). The van der Waals surface area contributed by atoms with Crippen LogP contribution in [0.4, 0.5) is 0 Å². The predicted molar refractivity (Wildman–Crippen MR) is 46.4 cm³/mol. The first-order chi connectivity index (χ1) is 6.11. The number of ether oxygens (including phenoxy) is 1. The summed E-state index contributed by atoms with van der Waals surface area (Å²) >= 11 is 0. The van der Waals surface area contributed by atoms with E-state index < -0.39 is 11.6 Å². The molecular weight excluding hydrogens is 172 g/mol. The van der Waals surface area contributed by atoms with Crippen molar-refractivity contribution in [2.24, 2.45) is 5.92 Å². The zero-order valence-electron chi connectivity index (χ0n) is 7.82. The van der Waals surface area contributed by atoms with E-state index in [1.165, 1.54) is 0 Å². The third kappa shape index (κ3) is 2.42. The van der Waals surface area contributed by atoms with E-state index in [9.17, 15) is 4.79 Å². The second-order valence-corrected chi connectivity index (χ2v) is 3.61. The van der Waals surface area contributed by atoms with Gasteiger partial charge in [0.2, 0.25) is 0 Å². The molecule has 1 rings (SSSR count). The summed E-state index contributed by atoms with van der Waals surface area (Å²) in [6.07, 6.45) is 2.36. The molecule has 1 aliphatic carbocycles. The van der Waals surface area contributed by atoms with Gasteiger partial charge in [0.1, 0.15) is 0 Å². The first-order valence-corrected chi connectivity index (χ1v) is 4.59. The van der Waals surface area contributed by atoms with Crippen molar-refractivity contribution in [1.29, 1.82) is 0 Å². The molecule has 13 heavy (non-hydrogen) atoms. The lowest BCUT2D eigenvalue weighted by Gasteiger charge is -2.24. The van der Waals surface area contributed by atoms with Crippen molar-refractivity contribution in [3.05, 3.63) is 0 Å². The Bertz CT molecular complexity index is 188. The average Bonchev–Trinajstić information content (AvgIpc) is 2.86. The van der Waals surface area contributed by atoms with E-state index in [-0.39, 0.29) is 12.5 Å². The van der Waals surface area contributed by atoms with Crippen LogP contribution in [0.3, 0.4) is 0 Å². The van der Waals surface area contributed by atoms with Gasteiger partial charge in [0.05, 0.1) is 6.61 Å². The van der Waals surface area contributed by atoms with Crippen LogP contribution >= 0.6 is 0 Å². The fourth-order valence-electron chi connectivity index (χ4n) is 1.34. The highest BCUT2D eigenvalue weighted by Crippen LogP contribution is 2.42. The molecule has 0 bridgehead atoms. The van der Waals surface area contributed by atoms with Gasteiger partial charge in [-0.3, -0.25) is 0 Å². The summed E-state index contributed by atoms with van der Waals surface area (Å²) in [7, 11) is 0. The number of carboxylic acid groups (broad SMARTS) is 1. The lowest BCUT2D eigenvalue weighted by molar-refractivity contribution is -0.167. The third-order valence-electron chi connectivity index (χ3n) is 2.49. The van der Waals surface area contributed by atoms with Gasteiger partial charge in [0, 0.05) is 6.61 Å². The van der Waals surface area contributed by atoms with Gasteiger partial charge in [-0.1, -0.05) is 0 Å². The molecule has 1 aliphatic rings. The van der Waals surface area contributed by atoms with Crippen LogP contribution in [0.15, 0.2) is 0 Å². The summed E-state index contributed by atoms with van der Waals surface area (Å²) in [5.41, 5.74) is -1.03. The van der Waals surface area contributed by atoms with Crippen molar-refractivity contribution in [3.8, 4) is 0 Å². The number of aliphatic carboxylic acids is 1. The highest BCUT2D eigenvalue weighted by Gasteiger charge is 2.48. The summed E-state index contributed by atoms with van der Waals surface area (Å²) in [6, 6.07) is 0. The predicted octanol–water partition coefficient (Wildman–Crippen LogP) is 0.639. The number of aliphatic hydroxyl groups excluding tert-OH is 1. The summed E-state index contributed by atoms with van der Waals surface area (Å²) < 4.78 is 5.30. The van der Waals surface area contributed by atoms with Gasteiger partial charge >= 0.3 is 5.97 Å². The Balaban J connectivity index is 2.42. The molecule has 1 saturated carbocycles. The van der Waals surface area contributed by atoms with Gasteiger partial charge in [0.15, 0.2) is 5.60 Å². The fourth-order valence-corrected chi connectivity index (χ4v) is 1.34. The van der Waals surface area contributed by atoms with Gasteiger partial charge in [-0.15, -0.1) is 0 Å². The molecule has 0 radical (unpaired) electrons. The number of rotatable bonds is 6. The zero-order valence-corrected chi connectivity index (χ0v) is 7.82. The number of carbonyl (C=O) groups is 1. The fraction of sp³-hybridized carbons (Fsp3) is 0.889. The van der Waals surface area contributed by atoms with Crippen LogP contribution in [0, 0.1) is 5.92 Å². The van der Waals surface area contributed by atoms with E-state index in [0.717, 1.165) is 12.8 Å². The normalized spacial score (nSPS) is 21.1. The molecular formula is C9H16O4. The van der Waals surface area contributed by atoms with Crippen LogP contribution in [-0.2, 0) is 9.53 Å². The second kappa shape index (κ2) is 4.07. The number of carboxylic acids is 1. The highest BCUT2D eigenvalue weighted by molar-refractivity contribution is 5.77. The molecule has 1 unspecified atom stereocenters. The largest absolute Gasteiger partial charge is 0.479 e. The Labute approximate surface area is 77.5 Å². The number of aliphatic hydroxyl groups is 1. The molecule has 0 spiro atoms. The van der Waals surface area contributed by atoms with Crippen LogP contribution in [0.1, 0.15) is 26.2 Å².